The summed E-state index contributed by atoms with van der Waals surface area (Å²) in [5, 5.41) is 3.08. The van der Waals surface area contributed by atoms with Crippen molar-refractivity contribution < 1.29 is 32.3 Å². The van der Waals surface area contributed by atoms with Crippen LogP contribution in [0.25, 0.3) is 0 Å². The van der Waals surface area contributed by atoms with Crippen LogP contribution >= 0.6 is 11.3 Å². The molecular weight excluding hydrogens is 482 g/mol. The Labute approximate surface area is 201 Å². The fourth-order valence-corrected chi connectivity index (χ4v) is 6.89. The predicted molar refractivity (Wildman–Crippen MR) is 125 cm³/mol. The van der Waals surface area contributed by atoms with E-state index in [0.29, 0.717) is 31.1 Å². The van der Waals surface area contributed by atoms with Crippen molar-refractivity contribution in [1.29, 1.82) is 0 Å². The summed E-state index contributed by atoms with van der Waals surface area (Å²) in [5.41, 5.74) is 1.26. The molecule has 0 bridgehead atoms. The van der Waals surface area contributed by atoms with Gasteiger partial charge in [-0.1, -0.05) is 0 Å². The molecule has 0 aliphatic carbocycles. The van der Waals surface area contributed by atoms with E-state index in [1.54, 1.807) is 0 Å². The third-order valence-corrected chi connectivity index (χ3v) is 8.97. The van der Waals surface area contributed by atoms with E-state index < -0.39 is 28.0 Å². The Hall–Kier alpha value is -2.96. The van der Waals surface area contributed by atoms with Gasteiger partial charge in [-0.05, 0) is 49.1 Å². The van der Waals surface area contributed by atoms with Crippen molar-refractivity contribution in [1.82, 2.24) is 9.21 Å². The van der Waals surface area contributed by atoms with Gasteiger partial charge in [0.2, 0.25) is 10.0 Å². The third-order valence-electron chi connectivity index (χ3n) is 5.93. The maximum Gasteiger partial charge on any atom is 0.409 e. The number of nitrogens with zero attached hydrogens (tertiary/aromatic N) is 2. The van der Waals surface area contributed by atoms with Crippen molar-refractivity contribution in [3.05, 3.63) is 45.8 Å². The zero-order valence-electron chi connectivity index (χ0n) is 18.8. The van der Waals surface area contributed by atoms with E-state index in [9.17, 15) is 22.8 Å². The van der Waals surface area contributed by atoms with E-state index in [2.05, 4.69) is 5.32 Å². The molecule has 10 nitrogen and oxygen atoms in total. The number of hydrogen-bond acceptors (Lipinski definition) is 8. The maximum absolute atomic E-state index is 12.9. The second-order valence-corrected chi connectivity index (χ2v) is 11.0. The van der Waals surface area contributed by atoms with Crippen LogP contribution in [0.5, 0.6) is 0 Å². The van der Waals surface area contributed by atoms with E-state index >= 15 is 0 Å². The highest BCUT2D eigenvalue weighted by Gasteiger charge is 2.31. The number of benzene rings is 1. The normalized spacial score (nSPS) is 16.1. The van der Waals surface area contributed by atoms with Crippen LogP contribution in [0.3, 0.4) is 0 Å². The van der Waals surface area contributed by atoms with Gasteiger partial charge in [-0.2, -0.15) is 4.31 Å². The Morgan fingerprint density at radius 3 is 2.29 bits per heavy atom. The first-order valence-electron chi connectivity index (χ1n) is 10.7. The zero-order valence-corrected chi connectivity index (χ0v) is 20.5. The van der Waals surface area contributed by atoms with Crippen LogP contribution in [0.15, 0.2) is 29.2 Å². The number of fused-ring (bicyclic) bond motifs is 1. The lowest BCUT2D eigenvalue weighted by atomic mass is 10.0. The van der Waals surface area contributed by atoms with Gasteiger partial charge >= 0.3 is 12.1 Å². The molecule has 4 rings (SSSR count). The predicted octanol–water partition coefficient (Wildman–Crippen LogP) is 2.70. The topological polar surface area (TPSA) is 122 Å². The van der Waals surface area contributed by atoms with Crippen LogP contribution < -0.4 is 5.32 Å². The molecule has 2 aliphatic heterocycles. The Morgan fingerprint density at radius 2 is 1.68 bits per heavy atom. The first kappa shape index (κ1) is 24.2. The highest BCUT2D eigenvalue weighted by Crippen LogP contribution is 2.38. The number of nitrogens with one attached hydrogen (secondary N) is 1. The second-order valence-electron chi connectivity index (χ2n) is 7.93. The van der Waals surface area contributed by atoms with Crippen molar-refractivity contribution in [2.24, 2.45) is 0 Å². The molecule has 0 unspecified atom stereocenters. The van der Waals surface area contributed by atoms with Gasteiger partial charge in [-0.3, -0.25) is 4.79 Å². The Kier molecular flexibility index (Phi) is 6.91. The molecule has 0 spiro atoms. The van der Waals surface area contributed by atoms with E-state index in [0.717, 1.165) is 23.3 Å². The summed E-state index contributed by atoms with van der Waals surface area (Å²) in [6.07, 6.45) is 1.63. The van der Waals surface area contributed by atoms with Gasteiger partial charge in [0.25, 0.3) is 5.91 Å². The van der Waals surface area contributed by atoms with Gasteiger partial charge in [-0.25, -0.2) is 18.0 Å². The molecule has 1 aromatic carbocycles. The van der Waals surface area contributed by atoms with Gasteiger partial charge in [-0.15, -0.1) is 11.3 Å². The summed E-state index contributed by atoms with van der Waals surface area (Å²) in [6, 6.07) is 5.72. The number of anilines is 1. The standard InChI is InChI=1S/C22H25N3O7S2/c1-31-21(27)18-16-9-12-24(22(28)32-2)13-17(16)33-20(18)23-19(26)14-5-7-15(8-6-14)34(29,30)25-10-3-4-11-25/h5-8H,3-4,9-13H2,1-2H3,(H,23,26). The molecule has 12 heteroatoms. The van der Waals surface area contributed by atoms with Gasteiger partial charge in [0.15, 0.2) is 0 Å². The van der Waals surface area contributed by atoms with Gasteiger partial charge in [0.1, 0.15) is 5.00 Å². The number of sulfonamides is 1. The lowest BCUT2D eigenvalue weighted by Gasteiger charge is -2.25. The molecule has 0 radical (unpaired) electrons. The third kappa shape index (κ3) is 4.52. The molecule has 182 valence electrons. The highest BCUT2D eigenvalue weighted by molar-refractivity contribution is 7.89. The van der Waals surface area contributed by atoms with Crippen LogP contribution in [0.4, 0.5) is 9.80 Å². The molecule has 1 N–H and O–H groups in total. The minimum atomic E-state index is -3.58. The first-order chi connectivity index (χ1) is 16.3. The molecule has 34 heavy (non-hydrogen) atoms. The Morgan fingerprint density at radius 1 is 1.00 bits per heavy atom. The second kappa shape index (κ2) is 9.72. The highest BCUT2D eigenvalue weighted by atomic mass is 32.2. The first-order valence-corrected chi connectivity index (χ1v) is 13.0. The minimum absolute atomic E-state index is 0.135. The van der Waals surface area contributed by atoms with Crippen LogP contribution in [0, 0.1) is 0 Å². The van der Waals surface area contributed by atoms with Crippen molar-refractivity contribution >= 4 is 44.3 Å². The maximum atomic E-state index is 12.9. The van der Waals surface area contributed by atoms with Gasteiger partial charge in [0, 0.05) is 30.1 Å². The number of rotatable bonds is 5. The molecule has 0 saturated carbocycles. The lowest BCUT2D eigenvalue weighted by Crippen LogP contribution is -2.35. The quantitative estimate of drug-likeness (QED) is 0.618. The fraction of sp³-hybridized carbons (Fsp3) is 0.409. The summed E-state index contributed by atoms with van der Waals surface area (Å²) in [6.45, 7) is 1.63. The molecule has 0 atom stereocenters. The van der Waals surface area contributed by atoms with E-state index in [4.69, 9.17) is 9.47 Å². The molecule has 1 fully saturated rings. The lowest BCUT2D eigenvalue weighted by molar-refractivity contribution is 0.0600. The summed E-state index contributed by atoms with van der Waals surface area (Å²) in [4.78, 5) is 39.7. The molecular formula is C22H25N3O7S2. The number of thiophene rings is 1. The number of hydrogen-bond donors (Lipinski definition) is 1. The molecule has 3 heterocycles. The minimum Gasteiger partial charge on any atom is -0.465 e. The molecule has 1 aromatic heterocycles. The fourth-order valence-electron chi connectivity index (χ4n) is 4.13. The average Bonchev–Trinajstić information content (AvgIpc) is 3.51. The number of carbonyl (C=O) groups excluding carboxylic acids is 3. The van der Waals surface area contributed by atoms with Crippen LogP contribution in [0.1, 0.15) is 44.0 Å². The zero-order chi connectivity index (χ0) is 24.5. The van der Waals surface area contributed by atoms with Gasteiger partial charge < -0.3 is 19.7 Å². The van der Waals surface area contributed by atoms with Crippen molar-refractivity contribution in [3.63, 3.8) is 0 Å². The van der Waals surface area contributed by atoms with E-state index in [-0.39, 0.29) is 22.6 Å². The van der Waals surface area contributed by atoms with Crippen LogP contribution in [-0.4, -0.2) is 69.4 Å². The summed E-state index contributed by atoms with van der Waals surface area (Å²) < 4.78 is 36.6. The number of esters is 1. The molecule has 1 saturated heterocycles. The van der Waals surface area contributed by atoms with Crippen molar-refractivity contribution in [3.8, 4) is 0 Å². The largest absolute Gasteiger partial charge is 0.465 e. The molecule has 2 aromatic rings. The van der Waals surface area contributed by atoms with Crippen LogP contribution in [-0.2, 0) is 32.5 Å². The smallest absolute Gasteiger partial charge is 0.409 e. The Balaban J connectivity index is 1.56. The molecule has 2 amide bonds. The number of methoxy groups -OCH3 is 2. The molecule has 2 aliphatic rings. The number of carbonyl (C=O) groups is 3. The SMILES string of the molecule is COC(=O)c1c(NC(=O)c2ccc(S(=O)(=O)N3CCCC3)cc2)sc2c1CCN(C(=O)OC)C2. The summed E-state index contributed by atoms with van der Waals surface area (Å²) in [7, 11) is -1.01. The van der Waals surface area contributed by atoms with E-state index in [1.807, 2.05) is 0 Å². The average molecular weight is 508 g/mol. The van der Waals surface area contributed by atoms with Crippen molar-refractivity contribution in [2.75, 3.05) is 39.2 Å². The van der Waals surface area contributed by atoms with Crippen LogP contribution in [0.2, 0.25) is 0 Å². The summed E-state index contributed by atoms with van der Waals surface area (Å²) >= 11 is 1.20. The summed E-state index contributed by atoms with van der Waals surface area (Å²) in [5.74, 6) is -1.06. The Bertz CT molecular complexity index is 1220. The number of ether oxygens (including phenoxy) is 2. The van der Waals surface area contributed by atoms with E-state index in [1.165, 1.54) is 59.0 Å². The number of amides is 2. The van der Waals surface area contributed by atoms with Crippen molar-refractivity contribution in [2.45, 2.75) is 30.7 Å². The monoisotopic (exact) mass is 507 g/mol. The van der Waals surface area contributed by atoms with Gasteiger partial charge in [0.05, 0.1) is 31.2 Å².